The Morgan fingerprint density at radius 2 is 2.15 bits per heavy atom. The first kappa shape index (κ1) is 15.5. The number of rotatable bonds is 4. The Morgan fingerprint density at radius 3 is 2.59 bits per heavy atom. The number of aromatic nitrogens is 1. The summed E-state index contributed by atoms with van der Waals surface area (Å²) in [6, 6.07) is 2.52. The van der Waals surface area contributed by atoms with E-state index in [1.165, 1.54) is 0 Å². The lowest BCUT2D eigenvalue weighted by atomic mass is 10.0. The maximum absolute atomic E-state index is 13.6. The van der Waals surface area contributed by atoms with Gasteiger partial charge in [-0.15, -0.1) is 0 Å². The number of nitrogens with zero attached hydrogens (tertiary/aromatic N) is 4. The maximum atomic E-state index is 13.6. The van der Waals surface area contributed by atoms with Crippen molar-refractivity contribution in [3.8, 4) is 6.07 Å². The van der Waals surface area contributed by atoms with Gasteiger partial charge < -0.3 is 14.9 Å². The molecule has 6 nitrogen and oxygen atoms in total. The lowest BCUT2D eigenvalue weighted by Crippen LogP contribution is -2.47. The number of halogens is 3. The van der Waals surface area contributed by atoms with Crippen LogP contribution in [0.2, 0.25) is 0 Å². The summed E-state index contributed by atoms with van der Waals surface area (Å²) >= 11 is 0. The number of carbonyl (C=O) groups is 1. The summed E-state index contributed by atoms with van der Waals surface area (Å²) in [4.78, 5) is 18.8. The van der Waals surface area contributed by atoms with Crippen molar-refractivity contribution in [1.29, 1.82) is 5.26 Å². The second-order valence-corrected chi connectivity index (χ2v) is 7.38. The van der Waals surface area contributed by atoms with Crippen LogP contribution in [0.3, 0.4) is 0 Å². The Bertz CT molecular complexity index is 906. The van der Waals surface area contributed by atoms with E-state index in [2.05, 4.69) is 4.98 Å². The number of hydrogen-bond donors (Lipinski definition) is 1. The highest BCUT2D eigenvalue weighted by Crippen LogP contribution is 2.54. The molecule has 2 saturated heterocycles. The van der Waals surface area contributed by atoms with Gasteiger partial charge in [0.15, 0.2) is 0 Å². The molecule has 4 rings (SSSR count). The Hall–Kier alpha value is -2.50. The van der Waals surface area contributed by atoms with Crippen LogP contribution in [0.4, 0.5) is 24.8 Å². The van der Waals surface area contributed by atoms with Gasteiger partial charge in [-0.25, -0.2) is 4.98 Å². The number of fused-ring (bicyclic) bond motifs is 1. The summed E-state index contributed by atoms with van der Waals surface area (Å²) in [7, 11) is 0. The summed E-state index contributed by atoms with van der Waals surface area (Å²) in [5, 5.41) is 18.4. The van der Waals surface area contributed by atoms with Crippen LogP contribution in [-0.2, 0) is 11.0 Å². The van der Waals surface area contributed by atoms with Gasteiger partial charge in [-0.1, -0.05) is 0 Å². The fourth-order valence-corrected chi connectivity index (χ4v) is 4.12. The molecule has 1 aromatic heterocycles. The van der Waals surface area contributed by atoms with Gasteiger partial charge in [0.1, 0.15) is 23.3 Å². The van der Waals surface area contributed by atoms with Gasteiger partial charge in [-0.05, 0) is 37.2 Å². The molecule has 3 heterocycles. The van der Waals surface area contributed by atoms with Crippen molar-refractivity contribution in [2.45, 2.75) is 31.9 Å². The summed E-state index contributed by atoms with van der Waals surface area (Å²) in [5.74, 6) is -2.53. The van der Waals surface area contributed by atoms with Crippen molar-refractivity contribution in [3.63, 3.8) is 0 Å². The monoisotopic (exact) mass is 382 g/mol. The average molecular weight is 382 g/mol. The zero-order valence-electron chi connectivity index (χ0n) is 16.5. The van der Waals surface area contributed by atoms with Crippen LogP contribution >= 0.6 is 0 Å². The van der Waals surface area contributed by atoms with Crippen molar-refractivity contribution in [2.75, 3.05) is 29.4 Å². The number of hydrogen-bond acceptors (Lipinski definition) is 5. The van der Waals surface area contributed by atoms with Crippen LogP contribution in [0.5, 0.6) is 0 Å². The SMILES string of the molecule is [2H]C([2H])(C(=O)O)C1[C@H]2CN(c3cc(C(F)(F)F)c(C#N)c(N4CC[C@@H]4C)n3)C[C@@H]12. The minimum absolute atomic E-state index is 0.00916. The molecule has 1 saturated carbocycles. The maximum Gasteiger partial charge on any atom is 0.417 e. The second kappa shape index (κ2) is 6.01. The number of pyridine rings is 1. The van der Waals surface area contributed by atoms with Gasteiger partial charge in [0.2, 0.25) is 0 Å². The van der Waals surface area contributed by atoms with Crippen molar-refractivity contribution < 1.29 is 25.8 Å². The topological polar surface area (TPSA) is 80.5 Å². The first-order chi connectivity index (χ1) is 13.5. The highest BCUT2D eigenvalue weighted by molar-refractivity contribution is 5.68. The number of aliphatic carboxylic acids is 1. The van der Waals surface area contributed by atoms with Gasteiger partial charge in [0.05, 0.1) is 5.56 Å². The molecule has 0 aromatic carbocycles. The van der Waals surface area contributed by atoms with E-state index in [0.29, 0.717) is 6.54 Å². The number of piperidine rings is 1. The van der Waals surface area contributed by atoms with E-state index in [0.717, 1.165) is 12.5 Å². The standard InChI is InChI=1S/C18H19F3N4O2/c1-9-2-3-25(9)17-11(6-22)14(18(19,20)21)5-15(23-17)24-7-12-10(4-16(26)27)13(12)8-24/h5,9-10,12-13H,2-4,7-8H2,1H3,(H,26,27)/t9-,10?,12-,13+/m0/s1/i4D2. The van der Waals surface area contributed by atoms with Crippen molar-refractivity contribution in [3.05, 3.63) is 17.2 Å². The van der Waals surface area contributed by atoms with E-state index in [1.807, 2.05) is 6.92 Å². The molecule has 0 spiro atoms. The van der Waals surface area contributed by atoms with E-state index in [4.69, 9.17) is 7.85 Å². The van der Waals surface area contributed by atoms with Crippen LogP contribution in [0.25, 0.3) is 0 Å². The van der Waals surface area contributed by atoms with E-state index < -0.39 is 35.6 Å². The minimum atomic E-state index is -4.71. The van der Waals surface area contributed by atoms with E-state index in [9.17, 15) is 23.2 Å². The third-order valence-corrected chi connectivity index (χ3v) is 5.80. The Balaban J connectivity index is 1.65. The highest BCUT2D eigenvalue weighted by atomic mass is 19.4. The number of carboxylic acids is 1. The predicted molar refractivity (Wildman–Crippen MR) is 90.3 cm³/mol. The predicted octanol–water partition coefficient (Wildman–Crippen LogP) is 2.73. The molecule has 0 amide bonds. The van der Waals surface area contributed by atoms with Crippen molar-refractivity contribution in [2.24, 2.45) is 17.8 Å². The molecular weight excluding hydrogens is 361 g/mol. The molecule has 1 unspecified atom stereocenters. The number of alkyl halides is 3. The summed E-state index contributed by atoms with van der Waals surface area (Å²) < 4.78 is 56.3. The van der Waals surface area contributed by atoms with Gasteiger partial charge in [0, 0.05) is 34.8 Å². The number of carboxylic acid groups (broad SMARTS) is 1. The van der Waals surface area contributed by atoms with E-state index in [-0.39, 0.29) is 42.6 Å². The van der Waals surface area contributed by atoms with E-state index in [1.54, 1.807) is 15.9 Å². The quantitative estimate of drug-likeness (QED) is 0.863. The van der Waals surface area contributed by atoms with Gasteiger partial charge in [0.25, 0.3) is 0 Å². The van der Waals surface area contributed by atoms with Crippen LogP contribution in [0.1, 0.15) is 33.6 Å². The molecule has 3 fully saturated rings. The molecule has 144 valence electrons. The van der Waals surface area contributed by atoms with Crippen molar-refractivity contribution >= 4 is 17.6 Å². The molecule has 27 heavy (non-hydrogen) atoms. The molecule has 1 aromatic rings. The van der Waals surface area contributed by atoms with Gasteiger partial charge >= 0.3 is 12.1 Å². The third kappa shape index (κ3) is 2.97. The molecule has 4 atom stereocenters. The zero-order chi connectivity index (χ0) is 21.3. The second-order valence-electron chi connectivity index (χ2n) is 7.38. The van der Waals surface area contributed by atoms with Crippen molar-refractivity contribution in [1.82, 2.24) is 4.98 Å². The summed E-state index contributed by atoms with van der Waals surface area (Å²) in [6.07, 6.45) is -6.26. The van der Waals surface area contributed by atoms with Crippen LogP contribution in [0.15, 0.2) is 6.07 Å². The smallest absolute Gasteiger partial charge is 0.417 e. The minimum Gasteiger partial charge on any atom is -0.481 e. The Labute approximate surface area is 157 Å². The fraction of sp³-hybridized carbons (Fsp3) is 0.611. The molecule has 9 heteroatoms. The van der Waals surface area contributed by atoms with Crippen LogP contribution in [-0.4, -0.2) is 41.7 Å². The van der Waals surface area contributed by atoms with E-state index >= 15 is 0 Å². The summed E-state index contributed by atoms with van der Waals surface area (Å²) in [5.41, 5.74) is -1.52. The first-order valence-electron chi connectivity index (χ1n) is 9.74. The summed E-state index contributed by atoms with van der Waals surface area (Å²) in [6.45, 7) is 2.87. The highest BCUT2D eigenvalue weighted by Gasteiger charge is 2.56. The Morgan fingerprint density at radius 1 is 1.48 bits per heavy atom. The lowest BCUT2D eigenvalue weighted by Gasteiger charge is -2.41. The number of nitriles is 1. The first-order valence-corrected chi connectivity index (χ1v) is 8.74. The molecule has 1 N–H and O–H groups in total. The van der Waals surface area contributed by atoms with Crippen LogP contribution < -0.4 is 9.80 Å². The molecule has 2 aliphatic heterocycles. The normalized spacial score (nSPS) is 30.8. The number of anilines is 2. The molecule has 1 aliphatic carbocycles. The molecule has 0 radical (unpaired) electrons. The zero-order valence-corrected chi connectivity index (χ0v) is 14.5. The molecule has 3 aliphatic rings. The average Bonchev–Trinajstić information content (AvgIpc) is 3.15. The molecule has 0 bridgehead atoms. The lowest BCUT2D eigenvalue weighted by molar-refractivity contribution is -0.138. The molecular formula is C18H19F3N4O2. The third-order valence-electron chi connectivity index (χ3n) is 5.80. The van der Waals surface area contributed by atoms with Gasteiger partial charge in [-0.2, -0.15) is 18.4 Å². The fourth-order valence-electron chi connectivity index (χ4n) is 4.12. The van der Waals surface area contributed by atoms with Crippen LogP contribution in [0, 0.1) is 29.1 Å². The largest absolute Gasteiger partial charge is 0.481 e. The Kier molecular flexibility index (Phi) is 3.46. The van der Waals surface area contributed by atoms with Gasteiger partial charge in [-0.3, -0.25) is 4.79 Å².